The Hall–Kier alpha value is -0.350. The summed E-state index contributed by atoms with van der Waals surface area (Å²) >= 11 is 5.27. The van der Waals surface area contributed by atoms with Gasteiger partial charge in [0, 0.05) is 33.9 Å². The summed E-state index contributed by atoms with van der Waals surface area (Å²) in [7, 11) is 3.74. The molecule has 15 heavy (non-hydrogen) atoms. The predicted octanol–water partition coefficient (Wildman–Crippen LogP) is 1.88. The van der Waals surface area contributed by atoms with Gasteiger partial charge >= 0.3 is 0 Å². The molecule has 0 rings (SSSR count). The van der Waals surface area contributed by atoms with Crippen molar-refractivity contribution >= 4 is 17.3 Å². The van der Waals surface area contributed by atoms with E-state index in [0.29, 0.717) is 0 Å². The number of ether oxygens (including phenoxy) is 1. The molecule has 1 N–H and O–H groups in total. The molecule has 0 fully saturated rings. The Labute approximate surface area is 99.2 Å². The molecule has 0 radical (unpaired) electrons. The number of nitrogens with zero attached hydrogens (tertiary/aromatic N) is 1. The molecule has 0 aromatic heterocycles. The Bertz CT molecular complexity index is 190. The molecule has 0 aliphatic rings. The average Bonchev–Trinajstić information content (AvgIpc) is 2.09. The van der Waals surface area contributed by atoms with Crippen molar-refractivity contribution in [2.24, 2.45) is 5.41 Å². The van der Waals surface area contributed by atoms with Gasteiger partial charge in [0.05, 0.1) is 0 Å². The van der Waals surface area contributed by atoms with Crippen molar-refractivity contribution in [3.05, 3.63) is 0 Å². The first-order chi connectivity index (χ1) is 6.87. The van der Waals surface area contributed by atoms with Crippen molar-refractivity contribution in [2.45, 2.75) is 27.2 Å². The molecule has 90 valence electrons. The summed E-state index contributed by atoms with van der Waals surface area (Å²) in [5.41, 5.74) is 0.271. The first kappa shape index (κ1) is 14.6. The van der Waals surface area contributed by atoms with Gasteiger partial charge in [-0.1, -0.05) is 20.8 Å². The van der Waals surface area contributed by atoms with Gasteiger partial charge in [0.25, 0.3) is 0 Å². The zero-order valence-corrected chi connectivity index (χ0v) is 11.4. The Kier molecular flexibility index (Phi) is 6.85. The lowest BCUT2D eigenvalue weighted by molar-refractivity contribution is 0.195. The van der Waals surface area contributed by atoms with Crippen LogP contribution in [0.5, 0.6) is 0 Å². The van der Waals surface area contributed by atoms with E-state index in [9.17, 15) is 0 Å². The fourth-order valence-corrected chi connectivity index (χ4v) is 1.50. The van der Waals surface area contributed by atoms with Crippen molar-refractivity contribution in [2.75, 3.05) is 33.9 Å². The summed E-state index contributed by atoms with van der Waals surface area (Å²) in [6.07, 6.45) is 0.986. The van der Waals surface area contributed by atoms with Crippen LogP contribution in [0.3, 0.4) is 0 Å². The smallest absolute Gasteiger partial charge is 0.168 e. The summed E-state index contributed by atoms with van der Waals surface area (Å²) < 4.78 is 4.97. The number of nitrogens with one attached hydrogen (secondary N) is 1. The summed E-state index contributed by atoms with van der Waals surface area (Å²) in [5.74, 6) is 0. The van der Waals surface area contributed by atoms with Crippen LogP contribution in [-0.4, -0.2) is 43.9 Å². The molecule has 0 bridgehead atoms. The third-order valence-corrected chi connectivity index (χ3v) is 2.32. The van der Waals surface area contributed by atoms with E-state index in [0.717, 1.165) is 31.2 Å². The number of rotatable bonds is 5. The quantitative estimate of drug-likeness (QED) is 0.578. The molecule has 0 aromatic carbocycles. The molecule has 0 unspecified atom stereocenters. The number of methoxy groups -OCH3 is 1. The van der Waals surface area contributed by atoms with Gasteiger partial charge in [0.15, 0.2) is 5.11 Å². The molecule has 0 aromatic rings. The first-order valence-electron chi connectivity index (χ1n) is 5.35. The van der Waals surface area contributed by atoms with Gasteiger partial charge in [-0.3, -0.25) is 0 Å². The Morgan fingerprint density at radius 2 is 2.00 bits per heavy atom. The van der Waals surface area contributed by atoms with Crippen LogP contribution < -0.4 is 5.32 Å². The molecule has 0 heterocycles. The molecule has 0 aliphatic carbocycles. The van der Waals surface area contributed by atoms with Crippen LogP contribution in [0.1, 0.15) is 27.2 Å². The SMILES string of the molecule is COCCCNC(=S)N(C)CC(C)(C)C. The molecule has 0 atom stereocenters. The van der Waals surface area contributed by atoms with Crippen molar-refractivity contribution in [1.82, 2.24) is 10.2 Å². The van der Waals surface area contributed by atoms with Crippen molar-refractivity contribution in [3.63, 3.8) is 0 Å². The van der Waals surface area contributed by atoms with Gasteiger partial charge in [-0.2, -0.15) is 0 Å². The van der Waals surface area contributed by atoms with Gasteiger partial charge in [-0.25, -0.2) is 0 Å². The minimum atomic E-state index is 0.271. The number of hydrogen-bond donors (Lipinski definition) is 1. The molecular formula is C11H24N2OS. The zero-order valence-electron chi connectivity index (χ0n) is 10.6. The van der Waals surface area contributed by atoms with Crippen LogP contribution in [0.25, 0.3) is 0 Å². The van der Waals surface area contributed by atoms with E-state index in [1.807, 2.05) is 7.05 Å². The highest BCUT2D eigenvalue weighted by molar-refractivity contribution is 7.80. The minimum Gasteiger partial charge on any atom is -0.385 e. The van der Waals surface area contributed by atoms with Crippen LogP contribution >= 0.6 is 12.2 Å². The Morgan fingerprint density at radius 3 is 2.47 bits per heavy atom. The van der Waals surface area contributed by atoms with Crippen molar-refractivity contribution in [1.29, 1.82) is 0 Å². The van der Waals surface area contributed by atoms with Crippen LogP contribution in [0.2, 0.25) is 0 Å². The highest BCUT2D eigenvalue weighted by atomic mass is 32.1. The fourth-order valence-electron chi connectivity index (χ4n) is 1.33. The van der Waals surface area contributed by atoms with E-state index in [1.165, 1.54) is 0 Å². The minimum absolute atomic E-state index is 0.271. The van der Waals surface area contributed by atoms with Crippen LogP contribution in [0, 0.1) is 5.41 Å². The average molecular weight is 232 g/mol. The summed E-state index contributed by atoms with van der Waals surface area (Å²) in [6.45, 7) is 9.23. The van der Waals surface area contributed by atoms with Crippen LogP contribution in [0.4, 0.5) is 0 Å². The second-order valence-corrected chi connectivity index (χ2v) is 5.38. The lowest BCUT2D eigenvalue weighted by Gasteiger charge is -2.28. The van der Waals surface area contributed by atoms with Crippen molar-refractivity contribution in [3.8, 4) is 0 Å². The van der Waals surface area contributed by atoms with E-state index in [4.69, 9.17) is 17.0 Å². The van der Waals surface area contributed by atoms with Gasteiger partial charge in [-0.05, 0) is 24.1 Å². The lowest BCUT2D eigenvalue weighted by atomic mass is 9.96. The summed E-state index contributed by atoms with van der Waals surface area (Å²) in [6, 6.07) is 0. The highest BCUT2D eigenvalue weighted by Crippen LogP contribution is 2.13. The highest BCUT2D eigenvalue weighted by Gasteiger charge is 2.14. The first-order valence-corrected chi connectivity index (χ1v) is 5.75. The standard InChI is InChI=1S/C11H24N2OS/c1-11(2,3)9-13(4)10(15)12-7-6-8-14-5/h6-9H2,1-5H3,(H,12,15). The van der Waals surface area contributed by atoms with Gasteiger partial charge in [-0.15, -0.1) is 0 Å². The maximum absolute atomic E-state index is 5.27. The Balaban J connectivity index is 3.70. The monoisotopic (exact) mass is 232 g/mol. The van der Waals surface area contributed by atoms with E-state index in [1.54, 1.807) is 7.11 Å². The van der Waals surface area contributed by atoms with E-state index >= 15 is 0 Å². The normalized spacial score (nSPS) is 11.3. The van der Waals surface area contributed by atoms with Gasteiger partial charge in [0.1, 0.15) is 0 Å². The third-order valence-electron chi connectivity index (χ3n) is 1.86. The third kappa shape index (κ3) is 8.63. The van der Waals surface area contributed by atoms with Gasteiger partial charge in [0.2, 0.25) is 0 Å². The predicted molar refractivity (Wildman–Crippen MR) is 69.2 cm³/mol. The van der Waals surface area contributed by atoms with Gasteiger partial charge < -0.3 is 15.0 Å². The molecule has 4 heteroatoms. The second-order valence-electron chi connectivity index (χ2n) is 5.00. The molecule has 0 saturated carbocycles. The van der Waals surface area contributed by atoms with Crippen molar-refractivity contribution < 1.29 is 4.74 Å². The molecule has 0 spiro atoms. The molecule has 3 nitrogen and oxygen atoms in total. The van der Waals surface area contributed by atoms with E-state index in [2.05, 4.69) is 31.0 Å². The number of hydrogen-bond acceptors (Lipinski definition) is 2. The number of thiocarbonyl (C=S) groups is 1. The van der Waals surface area contributed by atoms with Crippen LogP contribution in [0.15, 0.2) is 0 Å². The lowest BCUT2D eigenvalue weighted by Crippen LogP contribution is -2.41. The zero-order chi connectivity index (χ0) is 11.9. The maximum atomic E-state index is 5.27. The summed E-state index contributed by atoms with van der Waals surface area (Å²) in [5, 5.41) is 4.04. The second kappa shape index (κ2) is 7.01. The maximum Gasteiger partial charge on any atom is 0.168 e. The Morgan fingerprint density at radius 1 is 1.40 bits per heavy atom. The largest absolute Gasteiger partial charge is 0.385 e. The summed E-state index contributed by atoms with van der Waals surface area (Å²) in [4.78, 5) is 2.09. The molecule has 0 amide bonds. The van der Waals surface area contributed by atoms with E-state index < -0.39 is 0 Å². The molecule has 0 aliphatic heterocycles. The molecular weight excluding hydrogens is 208 g/mol. The topological polar surface area (TPSA) is 24.5 Å². The fraction of sp³-hybridized carbons (Fsp3) is 0.909. The molecule has 0 saturated heterocycles. The van der Waals surface area contributed by atoms with E-state index in [-0.39, 0.29) is 5.41 Å². The van der Waals surface area contributed by atoms with Crippen LogP contribution in [-0.2, 0) is 4.74 Å².